The molecule has 0 unspecified atom stereocenters. The molecule has 0 spiro atoms. The standard InChI is InChI=1S/C22H18FN2O5PS2/c23-17-8-5-15(6-9-17)7-10-18-11-12-22(32-18)33(29,30)25-21(31(26,27)28)13-16-14-24-20-4-2-1-3-19(16)20/h1-6,8-9,11-12,14,21,24-25H,13H2,(H2,26,27,28)/t21-/m0/s1. The molecule has 0 amide bonds. The summed E-state index contributed by atoms with van der Waals surface area (Å²) in [6.07, 6.45) is 1.41. The minimum Gasteiger partial charge on any atom is -0.361 e. The van der Waals surface area contributed by atoms with Crippen molar-refractivity contribution in [2.75, 3.05) is 0 Å². The summed E-state index contributed by atoms with van der Waals surface area (Å²) >= 11 is 0.868. The van der Waals surface area contributed by atoms with Crippen molar-refractivity contribution in [1.29, 1.82) is 0 Å². The molecule has 7 nitrogen and oxygen atoms in total. The minimum absolute atomic E-state index is 0.122. The Balaban J connectivity index is 1.56. The molecule has 0 fully saturated rings. The fourth-order valence-electron chi connectivity index (χ4n) is 3.17. The molecule has 0 aliphatic rings. The number of fused-ring (bicyclic) bond motifs is 1. The van der Waals surface area contributed by atoms with Crippen LogP contribution in [0.1, 0.15) is 16.0 Å². The van der Waals surface area contributed by atoms with Crippen molar-refractivity contribution in [3.63, 3.8) is 0 Å². The van der Waals surface area contributed by atoms with Crippen LogP contribution in [0, 0.1) is 17.7 Å². The van der Waals surface area contributed by atoms with E-state index in [1.807, 2.05) is 12.1 Å². The number of hydrogen-bond donors (Lipinski definition) is 4. The van der Waals surface area contributed by atoms with Crippen LogP contribution in [0.4, 0.5) is 4.39 Å². The summed E-state index contributed by atoms with van der Waals surface area (Å²) in [5.41, 5.74) is 1.92. The normalized spacial score (nSPS) is 12.9. The molecule has 0 aliphatic heterocycles. The fourth-order valence-corrected chi connectivity index (χ4v) is 6.82. The van der Waals surface area contributed by atoms with Gasteiger partial charge in [-0.25, -0.2) is 12.8 Å². The van der Waals surface area contributed by atoms with Crippen LogP contribution in [0.2, 0.25) is 0 Å². The molecule has 33 heavy (non-hydrogen) atoms. The van der Waals surface area contributed by atoms with E-state index < -0.39 is 23.4 Å². The van der Waals surface area contributed by atoms with Gasteiger partial charge in [-0.15, -0.1) is 11.3 Å². The molecule has 170 valence electrons. The van der Waals surface area contributed by atoms with Gasteiger partial charge in [-0.1, -0.05) is 30.0 Å². The third-order valence-corrected chi connectivity index (χ3v) is 9.07. The van der Waals surface area contributed by atoms with Crippen molar-refractivity contribution < 1.29 is 27.2 Å². The Morgan fingerprint density at radius 2 is 1.79 bits per heavy atom. The summed E-state index contributed by atoms with van der Waals surface area (Å²) < 4.78 is 52.9. The zero-order valence-electron chi connectivity index (χ0n) is 16.9. The third kappa shape index (κ3) is 5.60. The first kappa shape index (κ1) is 23.4. The summed E-state index contributed by atoms with van der Waals surface area (Å²) in [6, 6.07) is 15.6. The van der Waals surface area contributed by atoms with E-state index in [1.165, 1.54) is 36.4 Å². The Bertz CT molecular complexity index is 1510. The minimum atomic E-state index is -4.82. The Hall–Kier alpha value is -2.77. The van der Waals surface area contributed by atoms with E-state index in [0.29, 0.717) is 16.0 Å². The summed E-state index contributed by atoms with van der Waals surface area (Å²) in [6.45, 7) is 0. The van der Waals surface area contributed by atoms with Crippen molar-refractivity contribution in [3.8, 4) is 11.8 Å². The van der Waals surface area contributed by atoms with Gasteiger partial charge in [-0.05, 0) is 48.0 Å². The highest BCUT2D eigenvalue weighted by Crippen LogP contribution is 2.43. The third-order valence-electron chi connectivity index (χ3n) is 4.81. The van der Waals surface area contributed by atoms with Gasteiger partial charge in [0.1, 0.15) is 15.8 Å². The van der Waals surface area contributed by atoms with Crippen molar-refractivity contribution in [2.45, 2.75) is 16.4 Å². The van der Waals surface area contributed by atoms with E-state index in [4.69, 9.17) is 0 Å². The maximum Gasteiger partial charge on any atom is 0.343 e. The lowest BCUT2D eigenvalue weighted by Gasteiger charge is -2.19. The second-order valence-corrected chi connectivity index (χ2v) is 12.0. The molecular formula is C22H18FN2O5PS2. The molecule has 2 aromatic carbocycles. The lowest BCUT2D eigenvalue weighted by Crippen LogP contribution is -2.36. The zero-order valence-corrected chi connectivity index (χ0v) is 19.4. The van der Waals surface area contributed by atoms with Crippen molar-refractivity contribution in [2.24, 2.45) is 0 Å². The van der Waals surface area contributed by atoms with Crippen LogP contribution in [0.3, 0.4) is 0 Å². The maximum atomic E-state index is 13.0. The van der Waals surface area contributed by atoms with Gasteiger partial charge < -0.3 is 14.8 Å². The van der Waals surface area contributed by atoms with E-state index in [1.54, 1.807) is 18.3 Å². The van der Waals surface area contributed by atoms with E-state index >= 15 is 0 Å². The molecule has 2 aromatic heterocycles. The van der Waals surface area contributed by atoms with Crippen molar-refractivity contribution in [3.05, 3.63) is 88.7 Å². The van der Waals surface area contributed by atoms with E-state index in [9.17, 15) is 27.2 Å². The fraction of sp³-hybridized carbons (Fsp3) is 0.0909. The van der Waals surface area contributed by atoms with Crippen LogP contribution in [-0.2, 0) is 21.0 Å². The van der Waals surface area contributed by atoms with Gasteiger partial charge in [0, 0.05) is 29.1 Å². The molecule has 11 heteroatoms. The molecule has 4 rings (SSSR count). The summed E-state index contributed by atoms with van der Waals surface area (Å²) in [5.74, 6) is 3.60. The molecule has 0 saturated carbocycles. The SMILES string of the molecule is O=P(O)(O)[C@@H](Cc1c[nH]c2ccccc12)NS(=O)(=O)c1ccc(C#Cc2ccc(F)cc2)s1. The van der Waals surface area contributed by atoms with Crippen LogP contribution in [0.25, 0.3) is 10.9 Å². The van der Waals surface area contributed by atoms with Gasteiger partial charge in [0.25, 0.3) is 10.0 Å². The molecule has 4 aromatic rings. The molecule has 4 N–H and O–H groups in total. The van der Waals surface area contributed by atoms with Gasteiger partial charge >= 0.3 is 7.60 Å². The number of thiophene rings is 1. The number of H-pyrrole nitrogens is 1. The van der Waals surface area contributed by atoms with Gasteiger partial charge in [-0.2, -0.15) is 4.72 Å². The number of para-hydroxylation sites is 1. The Kier molecular flexibility index (Phi) is 6.54. The number of nitrogens with one attached hydrogen (secondary N) is 2. The van der Waals surface area contributed by atoms with Gasteiger partial charge in [0.2, 0.25) is 0 Å². The molecular weight excluding hydrogens is 486 g/mol. The number of hydrogen-bond acceptors (Lipinski definition) is 4. The van der Waals surface area contributed by atoms with Gasteiger partial charge in [0.05, 0.1) is 4.88 Å². The second kappa shape index (κ2) is 9.23. The number of aromatic amines is 1. The molecule has 0 radical (unpaired) electrons. The molecule has 0 saturated heterocycles. The summed E-state index contributed by atoms with van der Waals surface area (Å²) in [4.78, 5) is 23.1. The first-order valence-corrected chi connectivity index (χ1v) is 13.6. The monoisotopic (exact) mass is 504 g/mol. The topological polar surface area (TPSA) is 119 Å². The molecule has 1 atom stereocenters. The predicted octanol–water partition coefficient (Wildman–Crippen LogP) is 3.79. The van der Waals surface area contributed by atoms with E-state index in [2.05, 4.69) is 21.5 Å². The molecule has 0 bridgehead atoms. The number of rotatable bonds is 6. The highest BCUT2D eigenvalue weighted by Gasteiger charge is 2.34. The quantitative estimate of drug-likeness (QED) is 0.235. The van der Waals surface area contributed by atoms with Crippen LogP contribution in [-0.4, -0.2) is 29.0 Å². The summed E-state index contributed by atoms with van der Waals surface area (Å²) in [5, 5.41) is 0.754. The average Bonchev–Trinajstić information content (AvgIpc) is 3.40. The van der Waals surface area contributed by atoms with Gasteiger partial charge in [0.15, 0.2) is 0 Å². The Morgan fingerprint density at radius 1 is 1.06 bits per heavy atom. The lowest BCUT2D eigenvalue weighted by molar-refractivity contribution is 0.353. The zero-order chi connectivity index (χ0) is 23.6. The van der Waals surface area contributed by atoms with Crippen LogP contribution < -0.4 is 4.72 Å². The van der Waals surface area contributed by atoms with Crippen molar-refractivity contribution >= 4 is 39.9 Å². The predicted molar refractivity (Wildman–Crippen MR) is 125 cm³/mol. The first-order chi connectivity index (χ1) is 15.6. The molecule has 2 heterocycles. The second-order valence-electron chi connectivity index (χ2n) is 7.17. The van der Waals surface area contributed by atoms with Gasteiger partial charge in [-0.3, -0.25) is 4.57 Å². The summed E-state index contributed by atoms with van der Waals surface area (Å²) in [7, 11) is -9.04. The highest BCUT2D eigenvalue weighted by atomic mass is 32.2. The first-order valence-electron chi connectivity index (χ1n) is 9.62. The Labute approximate surface area is 193 Å². The number of aromatic nitrogens is 1. The van der Waals surface area contributed by atoms with Crippen LogP contribution >= 0.6 is 18.9 Å². The number of benzene rings is 2. The average molecular weight is 505 g/mol. The van der Waals surface area contributed by atoms with E-state index in [-0.39, 0.29) is 16.4 Å². The maximum absolute atomic E-state index is 13.0. The Morgan fingerprint density at radius 3 is 2.52 bits per heavy atom. The van der Waals surface area contributed by atoms with Crippen LogP contribution in [0.15, 0.2) is 71.1 Å². The van der Waals surface area contributed by atoms with Crippen molar-refractivity contribution in [1.82, 2.24) is 9.71 Å². The largest absolute Gasteiger partial charge is 0.361 e. The smallest absolute Gasteiger partial charge is 0.343 e. The number of sulfonamides is 1. The highest BCUT2D eigenvalue weighted by molar-refractivity contribution is 7.92. The van der Waals surface area contributed by atoms with Crippen LogP contribution in [0.5, 0.6) is 0 Å². The lowest BCUT2D eigenvalue weighted by atomic mass is 10.1. The van der Waals surface area contributed by atoms with E-state index in [0.717, 1.165) is 22.2 Å². The molecule has 0 aliphatic carbocycles. The number of halogens is 1.